The number of primary sulfonamides is 1. The molecule has 0 bridgehead atoms. The summed E-state index contributed by atoms with van der Waals surface area (Å²) in [6.45, 7) is 0. The average molecular weight is 334 g/mol. The monoisotopic (exact) mass is 333 g/mol. The van der Waals surface area contributed by atoms with E-state index in [-0.39, 0.29) is 4.90 Å². The van der Waals surface area contributed by atoms with Gasteiger partial charge in [-0.15, -0.1) is 0 Å². The Morgan fingerprint density at radius 2 is 1.73 bits per heavy atom. The Kier molecular flexibility index (Phi) is 3.74. The third-order valence-corrected chi connectivity index (χ3v) is 4.42. The lowest BCUT2D eigenvalue weighted by Gasteiger charge is -2.04. The second kappa shape index (κ2) is 5.57. The predicted molar refractivity (Wildman–Crippen MR) is 85.8 cm³/mol. The summed E-state index contributed by atoms with van der Waals surface area (Å²) in [5, 5.41) is 12.9. The van der Waals surface area contributed by atoms with Crippen molar-refractivity contribution in [1.82, 2.24) is 10.2 Å². The molecule has 112 valence electrons. The number of hydrogen-bond donors (Lipinski definition) is 2. The number of halogens is 1. The van der Waals surface area contributed by atoms with Crippen LogP contribution in [0.4, 0.5) is 0 Å². The quantitative estimate of drug-likeness (QED) is 0.772. The summed E-state index contributed by atoms with van der Waals surface area (Å²) in [6, 6.07) is 15.5. The highest BCUT2D eigenvalue weighted by atomic mass is 35.5. The maximum atomic E-state index is 11.7. The molecule has 3 N–H and O–H groups in total. The molecule has 0 radical (unpaired) electrons. The predicted octanol–water partition coefficient (Wildman–Crippen LogP) is 3.04. The van der Waals surface area contributed by atoms with Crippen molar-refractivity contribution in [1.29, 1.82) is 0 Å². The van der Waals surface area contributed by atoms with Gasteiger partial charge in [-0.25, -0.2) is 13.6 Å². The van der Waals surface area contributed by atoms with Gasteiger partial charge >= 0.3 is 0 Å². The highest BCUT2D eigenvalue weighted by molar-refractivity contribution is 7.89. The fourth-order valence-electron chi connectivity index (χ4n) is 2.17. The van der Waals surface area contributed by atoms with Crippen LogP contribution in [-0.2, 0) is 10.0 Å². The molecule has 22 heavy (non-hydrogen) atoms. The molecule has 1 heterocycles. The standard InChI is InChI=1S/C15H12ClN3O2S/c16-11-7-5-10(6-8-11)13-9-14(19-18-13)12-3-1-2-4-15(12)22(17,20)21/h1-9H,(H,18,19)(H2,17,20,21). The number of hydrogen-bond acceptors (Lipinski definition) is 3. The van der Waals surface area contributed by atoms with Crippen LogP contribution in [0.1, 0.15) is 0 Å². The average Bonchev–Trinajstić information content (AvgIpc) is 2.97. The van der Waals surface area contributed by atoms with E-state index in [1.807, 2.05) is 12.1 Å². The van der Waals surface area contributed by atoms with Crippen LogP contribution in [0.3, 0.4) is 0 Å². The molecule has 0 saturated heterocycles. The van der Waals surface area contributed by atoms with Crippen molar-refractivity contribution in [2.24, 2.45) is 5.14 Å². The molecule has 1 aromatic heterocycles. The molecule has 2 aromatic carbocycles. The van der Waals surface area contributed by atoms with E-state index in [9.17, 15) is 8.42 Å². The van der Waals surface area contributed by atoms with Crippen molar-refractivity contribution in [3.05, 3.63) is 59.6 Å². The third kappa shape index (κ3) is 2.89. The maximum absolute atomic E-state index is 11.7. The minimum Gasteiger partial charge on any atom is -0.277 e. The molecule has 5 nitrogen and oxygen atoms in total. The normalized spacial score (nSPS) is 11.5. The molecule has 0 aliphatic heterocycles. The topological polar surface area (TPSA) is 88.8 Å². The van der Waals surface area contributed by atoms with Crippen molar-refractivity contribution in [3.8, 4) is 22.5 Å². The Morgan fingerprint density at radius 1 is 1.05 bits per heavy atom. The molecule has 0 atom stereocenters. The van der Waals surface area contributed by atoms with Crippen LogP contribution in [-0.4, -0.2) is 18.6 Å². The molecule has 3 aromatic rings. The lowest BCUT2D eigenvalue weighted by Crippen LogP contribution is -2.13. The van der Waals surface area contributed by atoms with E-state index in [1.54, 1.807) is 36.4 Å². The van der Waals surface area contributed by atoms with Gasteiger partial charge in [-0.3, -0.25) is 5.10 Å². The van der Waals surface area contributed by atoms with E-state index >= 15 is 0 Å². The van der Waals surface area contributed by atoms with Crippen molar-refractivity contribution in [2.45, 2.75) is 4.90 Å². The number of rotatable bonds is 3. The minimum absolute atomic E-state index is 0.0568. The number of H-pyrrole nitrogens is 1. The van der Waals surface area contributed by atoms with E-state index < -0.39 is 10.0 Å². The first-order valence-corrected chi connectivity index (χ1v) is 8.31. The molecule has 0 unspecified atom stereocenters. The first-order chi connectivity index (χ1) is 10.4. The lowest BCUT2D eigenvalue weighted by atomic mass is 10.1. The zero-order chi connectivity index (χ0) is 15.7. The van der Waals surface area contributed by atoms with Gasteiger partial charge in [0.05, 0.1) is 16.3 Å². The summed E-state index contributed by atoms with van der Waals surface area (Å²) in [5.74, 6) is 0. The molecule has 0 saturated carbocycles. The van der Waals surface area contributed by atoms with Gasteiger partial charge in [0.1, 0.15) is 0 Å². The third-order valence-electron chi connectivity index (χ3n) is 3.20. The zero-order valence-corrected chi connectivity index (χ0v) is 12.9. The van der Waals surface area contributed by atoms with Gasteiger partial charge in [0.15, 0.2) is 0 Å². The number of nitrogens with two attached hydrogens (primary N) is 1. The summed E-state index contributed by atoms with van der Waals surface area (Å²) < 4.78 is 23.3. The van der Waals surface area contributed by atoms with Crippen LogP contribution in [0.25, 0.3) is 22.5 Å². The van der Waals surface area contributed by atoms with Crippen LogP contribution in [0.2, 0.25) is 5.02 Å². The number of nitrogens with one attached hydrogen (secondary N) is 1. The summed E-state index contributed by atoms with van der Waals surface area (Å²) in [7, 11) is -3.81. The van der Waals surface area contributed by atoms with Gasteiger partial charge < -0.3 is 0 Å². The van der Waals surface area contributed by atoms with Crippen molar-refractivity contribution in [2.75, 3.05) is 0 Å². The molecule has 0 aliphatic rings. The Balaban J connectivity index is 2.07. The van der Waals surface area contributed by atoms with Gasteiger partial charge in [0.25, 0.3) is 0 Å². The number of aromatic amines is 1. The van der Waals surface area contributed by atoms with Gasteiger partial charge in [-0.05, 0) is 24.3 Å². The summed E-state index contributed by atoms with van der Waals surface area (Å²) >= 11 is 5.86. The van der Waals surface area contributed by atoms with Gasteiger partial charge in [-0.1, -0.05) is 41.9 Å². The van der Waals surface area contributed by atoms with Gasteiger partial charge in [-0.2, -0.15) is 5.10 Å². The molecule has 0 amide bonds. The van der Waals surface area contributed by atoms with Crippen molar-refractivity contribution in [3.63, 3.8) is 0 Å². The first kappa shape index (κ1) is 14.8. The number of nitrogens with zero attached hydrogens (tertiary/aromatic N) is 1. The molecular weight excluding hydrogens is 322 g/mol. The smallest absolute Gasteiger partial charge is 0.238 e. The number of benzene rings is 2. The van der Waals surface area contributed by atoms with Crippen molar-refractivity contribution < 1.29 is 8.42 Å². The Hall–Kier alpha value is -2.15. The highest BCUT2D eigenvalue weighted by Gasteiger charge is 2.16. The van der Waals surface area contributed by atoms with E-state index in [4.69, 9.17) is 16.7 Å². The molecular formula is C15H12ClN3O2S. The zero-order valence-electron chi connectivity index (χ0n) is 11.3. The maximum Gasteiger partial charge on any atom is 0.238 e. The Bertz CT molecular complexity index is 918. The first-order valence-electron chi connectivity index (χ1n) is 6.39. The number of aromatic nitrogens is 2. The van der Waals surface area contributed by atoms with E-state index in [0.29, 0.717) is 22.0 Å². The van der Waals surface area contributed by atoms with Crippen molar-refractivity contribution >= 4 is 21.6 Å². The van der Waals surface area contributed by atoms with E-state index in [2.05, 4.69) is 10.2 Å². The molecule has 7 heteroatoms. The van der Waals surface area contributed by atoms with E-state index in [0.717, 1.165) is 5.56 Å². The summed E-state index contributed by atoms with van der Waals surface area (Å²) in [6.07, 6.45) is 0. The largest absolute Gasteiger partial charge is 0.277 e. The highest BCUT2D eigenvalue weighted by Crippen LogP contribution is 2.28. The van der Waals surface area contributed by atoms with Crippen LogP contribution in [0.15, 0.2) is 59.5 Å². The number of sulfonamides is 1. The second-order valence-electron chi connectivity index (χ2n) is 4.71. The lowest BCUT2D eigenvalue weighted by molar-refractivity contribution is 0.598. The molecule has 0 spiro atoms. The molecule has 3 rings (SSSR count). The molecule has 0 aliphatic carbocycles. The van der Waals surface area contributed by atoms with Crippen LogP contribution in [0, 0.1) is 0 Å². The second-order valence-corrected chi connectivity index (χ2v) is 6.68. The minimum atomic E-state index is -3.81. The Morgan fingerprint density at radius 3 is 2.41 bits per heavy atom. The fraction of sp³-hybridized carbons (Fsp3) is 0. The summed E-state index contributed by atoms with van der Waals surface area (Å²) in [5.41, 5.74) is 2.63. The fourth-order valence-corrected chi connectivity index (χ4v) is 3.04. The van der Waals surface area contributed by atoms with E-state index in [1.165, 1.54) is 6.07 Å². The van der Waals surface area contributed by atoms with Gasteiger partial charge in [0, 0.05) is 16.1 Å². The molecule has 0 fully saturated rings. The van der Waals surface area contributed by atoms with Gasteiger partial charge in [0.2, 0.25) is 10.0 Å². The SMILES string of the molecule is NS(=O)(=O)c1ccccc1-c1cc(-c2ccc(Cl)cc2)n[nH]1. The van der Waals surface area contributed by atoms with Crippen LogP contribution < -0.4 is 5.14 Å². The van der Waals surface area contributed by atoms with Crippen LogP contribution in [0.5, 0.6) is 0 Å². The van der Waals surface area contributed by atoms with Crippen LogP contribution >= 0.6 is 11.6 Å². The Labute approximate surface area is 132 Å². The summed E-state index contributed by atoms with van der Waals surface area (Å²) in [4.78, 5) is 0.0568.